The van der Waals surface area contributed by atoms with Crippen LogP contribution >= 0.6 is 24.0 Å². The van der Waals surface area contributed by atoms with Crippen molar-refractivity contribution in [1.82, 2.24) is 19.7 Å². The van der Waals surface area contributed by atoms with Crippen LogP contribution in [-0.2, 0) is 24.8 Å². The number of fused-ring (bicyclic) bond motifs is 2. The third-order valence-corrected chi connectivity index (χ3v) is 9.20. The van der Waals surface area contributed by atoms with Crippen molar-refractivity contribution >= 4 is 51.7 Å². The average Bonchev–Trinajstić information content (AvgIpc) is 3.41. The first-order valence-electron chi connectivity index (χ1n) is 16.0. The summed E-state index contributed by atoms with van der Waals surface area (Å²) in [6.45, 7) is 12.8. The molecule has 250 valence electrons. The van der Waals surface area contributed by atoms with E-state index in [0.717, 1.165) is 69.3 Å². The third kappa shape index (κ3) is 7.01. The lowest BCUT2D eigenvalue weighted by atomic mass is 9.98. The zero-order valence-corrected chi connectivity index (χ0v) is 29.4. The summed E-state index contributed by atoms with van der Waals surface area (Å²) in [5, 5.41) is 11.3. The molecule has 3 heterocycles. The number of carbonyl (C=O) groups is 1. The van der Waals surface area contributed by atoms with Gasteiger partial charge < -0.3 is 19.4 Å². The number of aryl methyl sites for hydroxylation is 4. The minimum Gasteiger partial charge on any atom is -0.493 e. The van der Waals surface area contributed by atoms with Gasteiger partial charge in [-0.15, -0.1) is 12.4 Å². The zero-order chi connectivity index (χ0) is 32.7. The lowest BCUT2D eigenvalue weighted by Gasteiger charge is -2.28. The fourth-order valence-corrected chi connectivity index (χ4v) is 6.80. The number of esters is 1. The molecule has 7 nitrogen and oxygen atoms in total. The van der Waals surface area contributed by atoms with Crippen molar-refractivity contribution in [2.75, 3.05) is 19.7 Å². The Labute approximate surface area is 286 Å². The second-order valence-electron chi connectivity index (χ2n) is 13.4. The summed E-state index contributed by atoms with van der Waals surface area (Å²) in [6, 6.07) is 14.3. The van der Waals surface area contributed by atoms with Crippen molar-refractivity contribution in [3.05, 3.63) is 82.0 Å². The summed E-state index contributed by atoms with van der Waals surface area (Å²) in [7, 11) is 1.94. The Morgan fingerprint density at radius 1 is 1.09 bits per heavy atom. The highest BCUT2D eigenvalue weighted by Gasteiger charge is 2.31. The first kappa shape index (κ1) is 34.7. The molecular formula is C37H43Cl2FN4O3. The highest BCUT2D eigenvalue weighted by atomic mass is 35.5. The van der Waals surface area contributed by atoms with E-state index >= 15 is 0 Å². The number of aromatic nitrogens is 3. The molecule has 6 rings (SSSR count). The highest BCUT2D eigenvalue weighted by molar-refractivity contribution is 6.35. The first-order valence-corrected chi connectivity index (χ1v) is 16.4. The van der Waals surface area contributed by atoms with Crippen LogP contribution < -0.4 is 10.1 Å². The molecule has 0 amide bonds. The first-order chi connectivity index (χ1) is 21.9. The van der Waals surface area contributed by atoms with Gasteiger partial charge in [0.15, 0.2) is 0 Å². The number of ether oxygens (including phenoxy) is 2. The number of carbonyl (C=O) groups excluding carboxylic acids is 1. The Hall–Kier alpha value is -3.59. The molecule has 5 aromatic rings. The molecule has 1 saturated heterocycles. The van der Waals surface area contributed by atoms with Gasteiger partial charge in [-0.3, -0.25) is 4.68 Å². The predicted octanol–water partition coefficient (Wildman–Crippen LogP) is 8.60. The van der Waals surface area contributed by atoms with Gasteiger partial charge in [0.25, 0.3) is 0 Å². The van der Waals surface area contributed by atoms with Gasteiger partial charge in [-0.2, -0.15) is 5.10 Å². The molecule has 0 bridgehead atoms. The maximum absolute atomic E-state index is 14.1. The van der Waals surface area contributed by atoms with Crippen LogP contribution in [0, 0.1) is 25.6 Å². The number of rotatable bonds is 10. The Kier molecular flexibility index (Phi) is 10.3. The SMILES string of the molecule is Cc1nn(C)c(C)c1-c1c(Cl)ccc2c(CCCOc3cccc4cc(F)ccc34)c(C(=O)OC(C)(C)C)n(CCC3CNC3)c12.Cl. The lowest BCUT2D eigenvalue weighted by molar-refractivity contribution is 0.00563. The molecule has 1 aliphatic rings. The monoisotopic (exact) mass is 680 g/mol. The van der Waals surface area contributed by atoms with Crippen molar-refractivity contribution < 1.29 is 18.7 Å². The van der Waals surface area contributed by atoms with E-state index in [4.69, 9.17) is 26.2 Å². The minimum absolute atomic E-state index is 0. The van der Waals surface area contributed by atoms with Gasteiger partial charge in [0, 0.05) is 41.2 Å². The van der Waals surface area contributed by atoms with Crippen LogP contribution in [0.1, 0.15) is 61.1 Å². The van der Waals surface area contributed by atoms with Crippen molar-refractivity contribution in [3.63, 3.8) is 0 Å². The van der Waals surface area contributed by atoms with E-state index in [1.165, 1.54) is 12.1 Å². The van der Waals surface area contributed by atoms with Crippen molar-refractivity contribution in [2.24, 2.45) is 13.0 Å². The van der Waals surface area contributed by atoms with Crippen molar-refractivity contribution in [3.8, 4) is 16.9 Å². The van der Waals surface area contributed by atoms with Crippen LogP contribution in [0.15, 0.2) is 48.5 Å². The van der Waals surface area contributed by atoms with E-state index in [0.29, 0.717) is 48.4 Å². The molecule has 10 heteroatoms. The topological polar surface area (TPSA) is 70.3 Å². The quantitative estimate of drug-likeness (QED) is 0.118. The van der Waals surface area contributed by atoms with Gasteiger partial charge in [0.1, 0.15) is 22.9 Å². The van der Waals surface area contributed by atoms with Gasteiger partial charge in [-0.25, -0.2) is 9.18 Å². The Bertz CT molecular complexity index is 1940. The number of benzene rings is 3. The van der Waals surface area contributed by atoms with Gasteiger partial charge in [-0.05, 0) is 114 Å². The van der Waals surface area contributed by atoms with E-state index in [1.54, 1.807) is 6.07 Å². The molecular weight excluding hydrogens is 638 g/mol. The maximum Gasteiger partial charge on any atom is 0.355 e. The highest BCUT2D eigenvalue weighted by Crippen LogP contribution is 2.42. The number of nitrogens with zero attached hydrogens (tertiary/aromatic N) is 3. The molecule has 1 N–H and O–H groups in total. The minimum atomic E-state index is -0.665. The van der Waals surface area contributed by atoms with Crippen molar-refractivity contribution in [1.29, 1.82) is 0 Å². The van der Waals surface area contributed by atoms with Gasteiger partial charge in [0.2, 0.25) is 0 Å². The zero-order valence-electron chi connectivity index (χ0n) is 27.9. The molecule has 0 spiro atoms. The van der Waals surface area contributed by atoms with E-state index in [2.05, 4.69) is 9.88 Å². The molecule has 0 radical (unpaired) electrons. The fraction of sp³-hybridized carbons (Fsp3) is 0.405. The summed E-state index contributed by atoms with van der Waals surface area (Å²) >= 11 is 7.04. The van der Waals surface area contributed by atoms with Gasteiger partial charge in [-0.1, -0.05) is 29.8 Å². The van der Waals surface area contributed by atoms with Crippen LogP contribution in [0.5, 0.6) is 5.75 Å². The second kappa shape index (κ2) is 13.9. The van der Waals surface area contributed by atoms with E-state index in [9.17, 15) is 9.18 Å². The smallest absolute Gasteiger partial charge is 0.355 e. The maximum atomic E-state index is 14.1. The Morgan fingerprint density at radius 2 is 1.83 bits per heavy atom. The molecule has 0 unspecified atom stereocenters. The lowest BCUT2D eigenvalue weighted by Crippen LogP contribution is -2.42. The standard InChI is InChI=1S/C37H42ClFN4O3.ClH/c1-22-32(23(2)42(6)41-22)33-30(38)15-14-29-28(10-8-18-45-31-11-7-9-25-19-26(39)12-13-27(25)31)35(36(44)46-37(3,4)5)43(34(29)33)17-16-24-20-40-21-24;/h7,9,11-15,19,24,40H,8,10,16-18,20-21H2,1-6H3;1H. The van der Waals surface area contributed by atoms with Crippen LogP contribution in [0.3, 0.4) is 0 Å². The molecule has 2 aromatic heterocycles. The molecule has 0 saturated carbocycles. The molecule has 1 aliphatic heterocycles. The van der Waals surface area contributed by atoms with Crippen LogP contribution in [-0.4, -0.2) is 45.6 Å². The number of hydrogen-bond donors (Lipinski definition) is 1. The molecule has 47 heavy (non-hydrogen) atoms. The largest absolute Gasteiger partial charge is 0.493 e. The van der Waals surface area contributed by atoms with Crippen LogP contribution in [0.2, 0.25) is 5.02 Å². The summed E-state index contributed by atoms with van der Waals surface area (Å²) in [5.41, 5.74) is 5.54. The third-order valence-electron chi connectivity index (χ3n) is 8.89. The van der Waals surface area contributed by atoms with E-state index < -0.39 is 5.60 Å². The summed E-state index contributed by atoms with van der Waals surface area (Å²) in [5.74, 6) is 0.627. The number of nitrogens with one attached hydrogen (secondary N) is 1. The second-order valence-corrected chi connectivity index (χ2v) is 13.8. The van der Waals surface area contributed by atoms with E-state index in [-0.39, 0.29) is 24.2 Å². The molecule has 1 fully saturated rings. The molecule has 0 atom stereocenters. The summed E-state index contributed by atoms with van der Waals surface area (Å²) in [6.07, 6.45) is 2.17. The van der Waals surface area contributed by atoms with Crippen LogP contribution in [0.4, 0.5) is 4.39 Å². The Morgan fingerprint density at radius 3 is 2.49 bits per heavy atom. The normalized spacial score (nSPS) is 13.5. The van der Waals surface area contributed by atoms with Crippen molar-refractivity contribution in [2.45, 2.75) is 66.0 Å². The summed E-state index contributed by atoms with van der Waals surface area (Å²) in [4.78, 5) is 14.1. The van der Waals surface area contributed by atoms with Crippen LogP contribution in [0.25, 0.3) is 32.8 Å². The van der Waals surface area contributed by atoms with Gasteiger partial charge in [0.05, 0.1) is 22.8 Å². The predicted molar refractivity (Wildman–Crippen MR) is 190 cm³/mol. The number of halogens is 3. The average molecular weight is 682 g/mol. The molecule has 0 aliphatic carbocycles. The number of hydrogen-bond acceptors (Lipinski definition) is 5. The van der Waals surface area contributed by atoms with E-state index in [1.807, 2.05) is 76.7 Å². The summed E-state index contributed by atoms with van der Waals surface area (Å²) < 4.78 is 30.2. The fourth-order valence-electron chi connectivity index (χ4n) is 6.55. The Balaban J connectivity index is 0.00000433. The van der Waals surface area contributed by atoms with Gasteiger partial charge >= 0.3 is 5.97 Å². The molecule has 3 aromatic carbocycles.